The maximum atomic E-state index is 4.41. The van der Waals surface area contributed by atoms with Crippen molar-refractivity contribution in [3.8, 4) is 0 Å². The van der Waals surface area contributed by atoms with Gasteiger partial charge in [0.15, 0.2) is 0 Å². The van der Waals surface area contributed by atoms with Crippen molar-refractivity contribution in [2.75, 3.05) is 0 Å². The van der Waals surface area contributed by atoms with Crippen LogP contribution in [0.1, 0.15) is 5.56 Å². The lowest BCUT2D eigenvalue weighted by Gasteiger charge is -2.08. The van der Waals surface area contributed by atoms with E-state index in [1.165, 1.54) is 10.8 Å². The first kappa shape index (κ1) is 9.85. The summed E-state index contributed by atoms with van der Waals surface area (Å²) in [6.45, 7) is 0. The number of hydrogen-bond acceptors (Lipinski definition) is 2. The molecule has 0 bridgehead atoms. The van der Waals surface area contributed by atoms with E-state index in [1.54, 1.807) is 6.20 Å². The Balaban J connectivity index is 2.20. The maximum Gasteiger partial charge on any atom is 0.137 e. The quantitative estimate of drug-likeness (QED) is 0.784. The number of allylic oxidation sites excluding steroid dienone is 2. The predicted octanol–water partition coefficient (Wildman–Crippen LogP) is 3.22. The number of rotatable bonds is 1. The van der Waals surface area contributed by atoms with Crippen LogP contribution in [-0.2, 0) is 0 Å². The summed E-state index contributed by atoms with van der Waals surface area (Å²) in [4.78, 5) is 4.41. The number of nitrogens with one attached hydrogen (secondary N) is 1. The molecule has 0 unspecified atom stereocenters. The van der Waals surface area contributed by atoms with Gasteiger partial charge in [0.1, 0.15) is 5.84 Å². The van der Waals surface area contributed by atoms with Gasteiger partial charge in [-0.1, -0.05) is 42.5 Å². The summed E-state index contributed by atoms with van der Waals surface area (Å²) in [7, 11) is 0. The van der Waals surface area contributed by atoms with Gasteiger partial charge in [0.2, 0.25) is 0 Å². The summed E-state index contributed by atoms with van der Waals surface area (Å²) in [6, 6.07) is 14.6. The predicted molar refractivity (Wildman–Crippen MR) is 71.9 cm³/mol. The fourth-order valence-corrected chi connectivity index (χ4v) is 1.97. The molecule has 2 heteroatoms. The fraction of sp³-hybridized carbons (Fsp3) is 0. The van der Waals surface area contributed by atoms with Crippen LogP contribution in [-0.4, -0.2) is 5.84 Å². The Labute approximate surface area is 100.0 Å². The zero-order valence-corrected chi connectivity index (χ0v) is 9.30. The third kappa shape index (κ3) is 1.85. The Hall–Kier alpha value is -2.35. The van der Waals surface area contributed by atoms with Gasteiger partial charge in [-0.2, -0.15) is 0 Å². The maximum absolute atomic E-state index is 4.41. The largest absolute Gasteiger partial charge is 0.346 e. The molecule has 0 fully saturated rings. The van der Waals surface area contributed by atoms with Gasteiger partial charge in [0, 0.05) is 18.0 Å². The minimum atomic E-state index is 0.881. The second-order valence-corrected chi connectivity index (χ2v) is 3.85. The van der Waals surface area contributed by atoms with E-state index in [0.717, 1.165) is 11.4 Å². The molecule has 0 aromatic heterocycles. The zero-order chi connectivity index (χ0) is 11.5. The van der Waals surface area contributed by atoms with Crippen LogP contribution in [0.4, 0.5) is 0 Å². The standard InChI is InChI=1S/C15H12N2/c1-2-8-13-12(6-1)7-5-9-14(13)15-16-10-3-4-11-17-15/h1-11H,(H,16,17). The minimum Gasteiger partial charge on any atom is -0.346 e. The Kier molecular flexibility index (Phi) is 2.47. The summed E-state index contributed by atoms with van der Waals surface area (Å²) in [5.74, 6) is 0.881. The van der Waals surface area contributed by atoms with Crippen LogP contribution in [0.5, 0.6) is 0 Å². The van der Waals surface area contributed by atoms with Crippen LogP contribution in [0.25, 0.3) is 10.8 Å². The highest BCUT2D eigenvalue weighted by Gasteiger charge is 2.06. The smallest absolute Gasteiger partial charge is 0.137 e. The van der Waals surface area contributed by atoms with E-state index in [4.69, 9.17) is 0 Å². The Morgan fingerprint density at radius 2 is 1.76 bits per heavy atom. The molecule has 2 aromatic rings. The first-order valence-electron chi connectivity index (χ1n) is 5.59. The highest BCUT2D eigenvalue weighted by atomic mass is 15.0. The molecular formula is C15H12N2. The van der Waals surface area contributed by atoms with Crippen LogP contribution < -0.4 is 5.32 Å². The SMILES string of the molecule is C1=CN=C(c2cccc3ccccc23)NC=C1. The lowest BCUT2D eigenvalue weighted by atomic mass is 10.0. The zero-order valence-electron chi connectivity index (χ0n) is 9.30. The van der Waals surface area contributed by atoms with Gasteiger partial charge in [0.25, 0.3) is 0 Å². The normalized spacial score (nSPS) is 14.2. The molecule has 0 amide bonds. The van der Waals surface area contributed by atoms with E-state index in [2.05, 4.69) is 46.7 Å². The average molecular weight is 220 g/mol. The Morgan fingerprint density at radius 3 is 2.76 bits per heavy atom. The molecule has 1 aliphatic heterocycles. The highest BCUT2D eigenvalue weighted by Crippen LogP contribution is 2.19. The Bertz CT molecular complexity index is 631. The van der Waals surface area contributed by atoms with E-state index >= 15 is 0 Å². The van der Waals surface area contributed by atoms with Crippen molar-refractivity contribution < 1.29 is 0 Å². The van der Waals surface area contributed by atoms with Crippen molar-refractivity contribution >= 4 is 16.6 Å². The molecule has 3 rings (SSSR count). The molecule has 0 saturated carbocycles. The van der Waals surface area contributed by atoms with Crippen LogP contribution in [0.15, 0.2) is 72.0 Å². The second-order valence-electron chi connectivity index (χ2n) is 3.85. The molecule has 0 radical (unpaired) electrons. The van der Waals surface area contributed by atoms with Crippen molar-refractivity contribution in [1.29, 1.82) is 0 Å². The highest BCUT2D eigenvalue weighted by molar-refractivity contribution is 6.10. The number of nitrogens with zero attached hydrogens (tertiary/aromatic N) is 1. The molecular weight excluding hydrogens is 208 g/mol. The Morgan fingerprint density at radius 1 is 0.882 bits per heavy atom. The lowest BCUT2D eigenvalue weighted by molar-refractivity contribution is 1.26. The number of fused-ring (bicyclic) bond motifs is 1. The lowest BCUT2D eigenvalue weighted by Crippen LogP contribution is -2.18. The van der Waals surface area contributed by atoms with E-state index in [-0.39, 0.29) is 0 Å². The van der Waals surface area contributed by atoms with E-state index in [0.29, 0.717) is 0 Å². The third-order valence-electron chi connectivity index (χ3n) is 2.76. The van der Waals surface area contributed by atoms with Gasteiger partial charge in [-0.05, 0) is 22.9 Å². The minimum absolute atomic E-state index is 0.881. The van der Waals surface area contributed by atoms with Gasteiger partial charge in [-0.15, -0.1) is 0 Å². The second kappa shape index (κ2) is 4.26. The van der Waals surface area contributed by atoms with E-state index in [9.17, 15) is 0 Å². The monoisotopic (exact) mass is 220 g/mol. The number of amidine groups is 1. The topological polar surface area (TPSA) is 24.4 Å². The van der Waals surface area contributed by atoms with Crippen molar-refractivity contribution in [1.82, 2.24) is 5.32 Å². The summed E-state index contributed by atoms with van der Waals surface area (Å²) in [5, 5.41) is 5.64. The molecule has 0 spiro atoms. The molecule has 1 heterocycles. The summed E-state index contributed by atoms with van der Waals surface area (Å²) >= 11 is 0. The van der Waals surface area contributed by atoms with Gasteiger partial charge >= 0.3 is 0 Å². The van der Waals surface area contributed by atoms with Crippen molar-refractivity contribution in [2.45, 2.75) is 0 Å². The molecule has 2 aromatic carbocycles. The molecule has 1 N–H and O–H groups in total. The van der Waals surface area contributed by atoms with Gasteiger partial charge < -0.3 is 5.32 Å². The van der Waals surface area contributed by atoms with Crippen LogP contribution in [0.3, 0.4) is 0 Å². The first-order chi connectivity index (χ1) is 8.45. The van der Waals surface area contributed by atoms with Crippen molar-refractivity contribution in [2.24, 2.45) is 4.99 Å². The number of aliphatic imine (C=N–C) groups is 1. The van der Waals surface area contributed by atoms with Gasteiger partial charge in [-0.25, -0.2) is 4.99 Å². The van der Waals surface area contributed by atoms with Gasteiger partial charge in [-0.3, -0.25) is 0 Å². The fourth-order valence-electron chi connectivity index (χ4n) is 1.97. The van der Waals surface area contributed by atoms with Crippen LogP contribution in [0.2, 0.25) is 0 Å². The van der Waals surface area contributed by atoms with Gasteiger partial charge in [0.05, 0.1) is 0 Å². The molecule has 0 aliphatic carbocycles. The molecule has 17 heavy (non-hydrogen) atoms. The first-order valence-corrected chi connectivity index (χ1v) is 5.59. The van der Waals surface area contributed by atoms with Crippen LogP contribution >= 0.6 is 0 Å². The number of hydrogen-bond donors (Lipinski definition) is 1. The van der Waals surface area contributed by atoms with Crippen molar-refractivity contribution in [3.63, 3.8) is 0 Å². The summed E-state index contributed by atoms with van der Waals surface area (Å²) < 4.78 is 0. The summed E-state index contributed by atoms with van der Waals surface area (Å²) in [6.07, 6.45) is 7.53. The molecule has 0 atom stereocenters. The molecule has 0 saturated heterocycles. The molecule has 82 valence electrons. The molecule has 1 aliphatic rings. The van der Waals surface area contributed by atoms with E-state index in [1.807, 2.05) is 24.4 Å². The number of benzene rings is 2. The third-order valence-corrected chi connectivity index (χ3v) is 2.76. The average Bonchev–Trinajstić information content (AvgIpc) is 2.67. The summed E-state index contributed by atoms with van der Waals surface area (Å²) in [5.41, 5.74) is 1.12. The van der Waals surface area contributed by atoms with Crippen LogP contribution in [0, 0.1) is 0 Å². The van der Waals surface area contributed by atoms with Crippen molar-refractivity contribution in [3.05, 3.63) is 72.6 Å². The molecule has 2 nitrogen and oxygen atoms in total. The van der Waals surface area contributed by atoms with E-state index < -0.39 is 0 Å².